The minimum Gasteiger partial charge on any atom is -0.294 e. The van der Waals surface area contributed by atoms with E-state index in [1.807, 2.05) is 40.0 Å². The zero-order chi connectivity index (χ0) is 10.7. The average molecular weight is 192 g/mol. The molecule has 0 radical (unpaired) electrons. The molecule has 0 atom stereocenters. The summed E-state index contributed by atoms with van der Waals surface area (Å²) in [4.78, 5) is 11.7. The molecule has 0 N–H and O–H groups in total. The number of aryl methyl sites for hydroxylation is 1. The summed E-state index contributed by atoms with van der Waals surface area (Å²) in [6, 6.07) is 3.93. The molecule has 0 aliphatic heterocycles. The van der Waals surface area contributed by atoms with E-state index in [-0.39, 0.29) is 5.78 Å². The third-order valence-corrected chi connectivity index (χ3v) is 2.69. The first-order valence-corrected chi connectivity index (χ1v) is 5.07. The Labute approximate surface area is 85.6 Å². The standard InChI is InChI=1S/C12H18NO/c1-5-6-12(14)11-8-7-9(2)13(4)10(11)3/h7-8H,5-6H2,1-4H3/q+1. The van der Waals surface area contributed by atoms with Crippen LogP contribution in [0.4, 0.5) is 0 Å². The number of nitrogens with zero attached hydrogens (tertiary/aromatic N) is 1. The van der Waals surface area contributed by atoms with Crippen LogP contribution in [0.25, 0.3) is 0 Å². The second-order valence-corrected chi connectivity index (χ2v) is 3.71. The summed E-state index contributed by atoms with van der Waals surface area (Å²) in [5, 5.41) is 0. The van der Waals surface area contributed by atoms with Crippen LogP contribution in [0.1, 0.15) is 41.5 Å². The van der Waals surface area contributed by atoms with Crippen molar-refractivity contribution in [1.29, 1.82) is 0 Å². The van der Waals surface area contributed by atoms with Crippen molar-refractivity contribution < 1.29 is 9.36 Å². The van der Waals surface area contributed by atoms with Gasteiger partial charge in [-0.2, -0.15) is 0 Å². The summed E-state index contributed by atoms with van der Waals surface area (Å²) in [6.45, 7) is 6.07. The number of carbonyl (C=O) groups is 1. The largest absolute Gasteiger partial charge is 0.294 e. The number of Topliss-reactive ketones (excluding diaryl/α,β-unsaturated/α-hetero) is 1. The van der Waals surface area contributed by atoms with Gasteiger partial charge in [-0.05, 0) is 12.5 Å². The Morgan fingerprint density at radius 1 is 1.36 bits per heavy atom. The van der Waals surface area contributed by atoms with Crippen molar-refractivity contribution in [2.45, 2.75) is 33.6 Å². The molecule has 1 aromatic heterocycles. The lowest BCUT2D eigenvalue weighted by molar-refractivity contribution is -0.683. The van der Waals surface area contributed by atoms with Crippen molar-refractivity contribution in [1.82, 2.24) is 0 Å². The van der Waals surface area contributed by atoms with Crippen LogP contribution in [0.15, 0.2) is 12.1 Å². The van der Waals surface area contributed by atoms with Crippen LogP contribution in [-0.2, 0) is 7.05 Å². The summed E-state index contributed by atoms with van der Waals surface area (Å²) in [5.74, 6) is 0.251. The highest BCUT2D eigenvalue weighted by molar-refractivity contribution is 5.96. The van der Waals surface area contributed by atoms with Crippen LogP contribution in [0.3, 0.4) is 0 Å². The Balaban J connectivity index is 3.11. The molecule has 1 rings (SSSR count). The van der Waals surface area contributed by atoms with Crippen LogP contribution in [0.2, 0.25) is 0 Å². The molecule has 0 unspecified atom stereocenters. The molecule has 0 amide bonds. The van der Waals surface area contributed by atoms with Crippen molar-refractivity contribution in [3.8, 4) is 0 Å². The molecule has 1 heterocycles. The van der Waals surface area contributed by atoms with Gasteiger partial charge in [0, 0.05) is 26.3 Å². The summed E-state index contributed by atoms with van der Waals surface area (Å²) in [6.07, 6.45) is 1.56. The SMILES string of the molecule is CCCC(=O)c1ccc(C)[n+](C)c1C. The highest BCUT2D eigenvalue weighted by atomic mass is 16.1. The van der Waals surface area contributed by atoms with Crippen molar-refractivity contribution in [2.75, 3.05) is 0 Å². The van der Waals surface area contributed by atoms with Gasteiger partial charge in [-0.25, -0.2) is 4.57 Å². The van der Waals surface area contributed by atoms with Crippen LogP contribution in [-0.4, -0.2) is 5.78 Å². The quantitative estimate of drug-likeness (QED) is 0.531. The highest BCUT2D eigenvalue weighted by Crippen LogP contribution is 2.08. The Morgan fingerprint density at radius 3 is 2.57 bits per heavy atom. The first kappa shape index (κ1) is 10.9. The summed E-state index contributed by atoms with van der Waals surface area (Å²) < 4.78 is 2.06. The fourth-order valence-corrected chi connectivity index (χ4v) is 1.54. The molecule has 0 aliphatic rings. The Hall–Kier alpha value is -1.18. The predicted molar refractivity (Wildman–Crippen MR) is 56.3 cm³/mol. The van der Waals surface area contributed by atoms with E-state index in [9.17, 15) is 4.79 Å². The minimum absolute atomic E-state index is 0.251. The van der Waals surface area contributed by atoms with E-state index in [0.29, 0.717) is 6.42 Å². The molecule has 0 aliphatic carbocycles. The van der Waals surface area contributed by atoms with Gasteiger partial charge in [-0.1, -0.05) is 6.92 Å². The number of hydrogen-bond acceptors (Lipinski definition) is 1. The van der Waals surface area contributed by atoms with Gasteiger partial charge in [-0.3, -0.25) is 4.79 Å². The van der Waals surface area contributed by atoms with E-state index < -0.39 is 0 Å². The molecule has 0 spiro atoms. The van der Waals surface area contributed by atoms with Crippen LogP contribution in [0, 0.1) is 13.8 Å². The van der Waals surface area contributed by atoms with Crippen LogP contribution in [0.5, 0.6) is 0 Å². The smallest absolute Gasteiger partial charge is 0.189 e. The molecule has 0 fully saturated rings. The number of rotatable bonds is 3. The lowest BCUT2D eigenvalue weighted by atomic mass is 10.0. The molecule has 0 bridgehead atoms. The maximum atomic E-state index is 11.7. The fourth-order valence-electron chi connectivity index (χ4n) is 1.54. The zero-order valence-corrected chi connectivity index (χ0v) is 9.42. The first-order chi connectivity index (χ1) is 6.57. The van der Waals surface area contributed by atoms with Crippen molar-refractivity contribution in [2.24, 2.45) is 7.05 Å². The monoisotopic (exact) mass is 192 g/mol. The van der Waals surface area contributed by atoms with E-state index in [2.05, 4.69) is 4.57 Å². The Bertz CT molecular complexity index is 356. The van der Waals surface area contributed by atoms with E-state index in [0.717, 1.165) is 17.7 Å². The Morgan fingerprint density at radius 2 is 2.00 bits per heavy atom. The summed E-state index contributed by atoms with van der Waals surface area (Å²) in [5.41, 5.74) is 3.10. The molecule has 0 saturated carbocycles. The van der Waals surface area contributed by atoms with Gasteiger partial charge in [0.25, 0.3) is 0 Å². The van der Waals surface area contributed by atoms with E-state index in [1.165, 1.54) is 5.69 Å². The third-order valence-electron chi connectivity index (χ3n) is 2.69. The zero-order valence-electron chi connectivity index (χ0n) is 9.42. The van der Waals surface area contributed by atoms with Gasteiger partial charge in [0.2, 0.25) is 0 Å². The maximum absolute atomic E-state index is 11.7. The molecular weight excluding hydrogens is 174 g/mol. The van der Waals surface area contributed by atoms with Gasteiger partial charge in [-0.15, -0.1) is 0 Å². The number of carbonyl (C=O) groups excluding carboxylic acids is 1. The first-order valence-electron chi connectivity index (χ1n) is 5.07. The Kier molecular flexibility index (Phi) is 3.39. The van der Waals surface area contributed by atoms with Crippen molar-refractivity contribution >= 4 is 5.78 Å². The second-order valence-electron chi connectivity index (χ2n) is 3.71. The highest BCUT2D eigenvalue weighted by Gasteiger charge is 2.16. The fraction of sp³-hybridized carbons (Fsp3) is 0.500. The molecular formula is C12H18NO+. The normalized spacial score (nSPS) is 10.3. The lowest BCUT2D eigenvalue weighted by Gasteiger charge is -2.03. The van der Waals surface area contributed by atoms with Crippen molar-refractivity contribution in [3.05, 3.63) is 29.1 Å². The van der Waals surface area contributed by atoms with Gasteiger partial charge in [0.15, 0.2) is 17.2 Å². The number of aromatic nitrogens is 1. The molecule has 2 heteroatoms. The number of ketones is 1. The molecule has 0 aromatic carbocycles. The van der Waals surface area contributed by atoms with E-state index in [1.54, 1.807) is 0 Å². The topological polar surface area (TPSA) is 20.9 Å². The lowest BCUT2D eigenvalue weighted by Crippen LogP contribution is -2.37. The van der Waals surface area contributed by atoms with Gasteiger partial charge < -0.3 is 0 Å². The summed E-state index contributed by atoms with van der Waals surface area (Å²) >= 11 is 0. The molecule has 14 heavy (non-hydrogen) atoms. The van der Waals surface area contributed by atoms with E-state index >= 15 is 0 Å². The second kappa shape index (κ2) is 4.36. The maximum Gasteiger partial charge on any atom is 0.189 e. The minimum atomic E-state index is 0.251. The van der Waals surface area contributed by atoms with Crippen LogP contribution >= 0.6 is 0 Å². The van der Waals surface area contributed by atoms with Gasteiger partial charge in [0.1, 0.15) is 7.05 Å². The summed E-state index contributed by atoms with van der Waals surface area (Å²) in [7, 11) is 1.99. The van der Waals surface area contributed by atoms with Crippen molar-refractivity contribution in [3.63, 3.8) is 0 Å². The molecule has 0 saturated heterocycles. The predicted octanol–water partition coefficient (Wildman–Crippen LogP) is 2.11. The van der Waals surface area contributed by atoms with Gasteiger partial charge in [0.05, 0.1) is 5.56 Å². The van der Waals surface area contributed by atoms with E-state index in [4.69, 9.17) is 0 Å². The van der Waals surface area contributed by atoms with Crippen LogP contribution < -0.4 is 4.57 Å². The molecule has 76 valence electrons. The molecule has 1 aromatic rings. The average Bonchev–Trinajstić information content (AvgIpc) is 2.15. The molecule has 2 nitrogen and oxygen atoms in total. The third kappa shape index (κ3) is 2.00. The van der Waals surface area contributed by atoms with Gasteiger partial charge >= 0.3 is 0 Å². The number of pyridine rings is 1. The number of hydrogen-bond donors (Lipinski definition) is 0.